The van der Waals surface area contributed by atoms with Gasteiger partial charge in [-0.05, 0) is 39.5 Å². The lowest BCUT2D eigenvalue weighted by Crippen LogP contribution is -2.59. The van der Waals surface area contributed by atoms with E-state index in [4.69, 9.17) is 9.84 Å². The molecule has 1 aliphatic rings. The Morgan fingerprint density at radius 1 is 1.56 bits per heavy atom. The quantitative estimate of drug-likeness (QED) is 0.492. The molecule has 2 N–H and O–H groups in total. The number of esters is 1. The minimum Gasteiger partial charge on any atom is -0.465 e. The van der Waals surface area contributed by atoms with Crippen LogP contribution >= 0.6 is 11.8 Å². The molecule has 0 aromatic heterocycles. The Morgan fingerprint density at radius 2 is 2.22 bits per heavy atom. The van der Waals surface area contributed by atoms with Gasteiger partial charge >= 0.3 is 5.97 Å². The van der Waals surface area contributed by atoms with Crippen molar-refractivity contribution in [1.29, 1.82) is 0 Å². The molecule has 1 fully saturated rings. The number of hydrogen-bond donors (Lipinski definition) is 2. The van der Waals surface area contributed by atoms with Gasteiger partial charge in [-0.15, -0.1) is 0 Å². The molecule has 1 saturated carbocycles. The smallest absolute Gasteiger partial charge is 0.327 e. The maximum atomic E-state index is 12.3. The van der Waals surface area contributed by atoms with Crippen molar-refractivity contribution >= 4 is 17.7 Å². The molecule has 1 unspecified atom stereocenters. The van der Waals surface area contributed by atoms with E-state index in [0.717, 1.165) is 12.8 Å². The first-order chi connectivity index (χ1) is 8.56. The molecule has 0 radical (unpaired) electrons. The van der Waals surface area contributed by atoms with Crippen molar-refractivity contribution in [2.75, 3.05) is 24.7 Å². The molecule has 0 saturated heterocycles. The highest BCUT2D eigenvalue weighted by molar-refractivity contribution is 7.99. The fourth-order valence-corrected chi connectivity index (χ4v) is 3.24. The van der Waals surface area contributed by atoms with Gasteiger partial charge in [-0.2, -0.15) is 11.8 Å². The van der Waals surface area contributed by atoms with Crippen LogP contribution in [0.15, 0.2) is 0 Å². The standard InChI is InChI=1S/C13H25NO3S/c1-4-17-12(16)13(11-5-6-11,14-10(2)3)9-18-8-7-15/h10-11,14-15H,4-9H2,1-3H3. The number of hydrogen-bond acceptors (Lipinski definition) is 5. The Bertz CT molecular complexity index is 269. The highest BCUT2D eigenvalue weighted by Gasteiger charge is 2.52. The number of carbonyl (C=O) groups is 1. The molecule has 0 bridgehead atoms. The monoisotopic (exact) mass is 275 g/mol. The predicted octanol–water partition coefficient (Wildman–Crippen LogP) is 1.42. The van der Waals surface area contributed by atoms with E-state index in [-0.39, 0.29) is 18.6 Å². The van der Waals surface area contributed by atoms with E-state index in [1.807, 2.05) is 20.8 Å². The molecule has 1 aliphatic carbocycles. The Kier molecular flexibility index (Phi) is 6.46. The second-order valence-electron chi connectivity index (χ2n) is 5.04. The molecular weight excluding hydrogens is 250 g/mol. The minimum atomic E-state index is -0.565. The number of rotatable bonds is 9. The molecule has 4 nitrogen and oxygen atoms in total. The first-order valence-electron chi connectivity index (χ1n) is 6.70. The van der Waals surface area contributed by atoms with Gasteiger partial charge in [0.1, 0.15) is 5.54 Å². The van der Waals surface area contributed by atoms with Crippen LogP contribution in [-0.2, 0) is 9.53 Å². The van der Waals surface area contributed by atoms with Crippen molar-refractivity contribution in [1.82, 2.24) is 5.32 Å². The van der Waals surface area contributed by atoms with E-state index >= 15 is 0 Å². The van der Waals surface area contributed by atoms with Crippen molar-refractivity contribution in [3.8, 4) is 0 Å². The van der Waals surface area contributed by atoms with E-state index in [1.165, 1.54) is 0 Å². The Balaban J connectivity index is 2.76. The molecule has 18 heavy (non-hydrogen) atoms. The zero-order valence-corrected chi connectivity index (χ0v) is 12.4. The second-order valence-corrected chi connectivity index (χ2v) is 6.15. The number of aliphatic hydroxyl groups is 1. The van der Waals surface area contributed by atoms with Crippen molar-refractivity contribution in [2.45, 2.75) is 45.2 Å². The molecular formula is C13H25NO3S. The highest BCUT2D eigenvalue weighted by atomic mass is 32.2. The number of nitrogens with one attached hydrogen (secondary N) is 1. The third-order valence-corrected chi connectivity index (χ3v) is 4.16. The summed E-state index contributed by atoms with van der Waals surface area (Å²) in [6.07, 6.45) is 2.16. The van der Waals surface area contributed by atoms with Gasteiger partial charge in [-0.1, -0.05) is 0 Å². The van der Waals surface area contributed by atoms with Crippen LogP contribution in [0.4, 0.5) is 0 Å². The summed E-state index contributed by atoms with van der Waals surface area (Å²) in [6.45, 7) is 6.50. The Hall–Kier alpha value is -0.260. The number of thioether (sulfide) groups is 1. The number of ether oxygens (including phenoxy) is 1. The van der Waals surface area contributed by atoms with Gasteiger partial charge in [0.2, 0.25) is 0 Å². The maximum Gasteiger partial charge on any atom is 0.327 e. The summed E-state index contributed by atoms with van der Waals surface area (Å²) in [5, 5.41) is 12.3. The van der Waals surface area contributed by atoms with E-state index in [9.17, 15) is 4.79 Å². The first kappa shape index (κ1) is 15.8. The zero-order chi connectivity index (χ0) is 13.6. The van der Waals surface area contributed by atoms with Crippen molar-refractivity contribution in [3.63, 3.8) is 0 Å². The zero-order valence-electron chi connectivity index (χ0n) is 11.6. The fourth-order valence-electron chi connectivity index (χ4n) is 2.21. The Morgan fingerprint density at radius 3 is 2.67 bits per heavy atom. The second kappa shape index (κ2) is 7.36. The number of aliphatic hydroxyl groups excluding tert-OH is 1. The number of carbonyl (C=O) groups excluding carboxylic acids is 1. The fraction of sp³-hybridized carbons (Fsp3) is 0.923. The van der Waals surface area contributed by atoms with Crippen LogP contribution < -0.4 is 5.32 Å². The van der Waals surface area contributed by atoms with Crippen molar-refractivity contribution in [2.24, 2.45) is 5.92 Å². The molecule has 0 amide bonds. The SMILES string of the molecule is CCOC(=O)C(CSCCO)(NC(C)C)C1CC1. The first-order valence-corrected chi connectivity index (χ1v) is 7.85. The third kappa shape index (κ3) is 4.14. The molecule has 0 heterocycles. The van der Waals surface area contributed by atoms with E-state index in [0.29, 0.717) is 24.0 Å². The van der Waals surface area contributed by atoms with Gasteiger partial charge in [0.05, 0.1) is 13.2 Å². The molecule has 1 rings (SSSR count). The van der Waals surface area contributed by atoms with Gasteiger partial charge in [0.25, 0.3) is 0 Å². The van der Waals surface area contributed by atoms with Crippen LogP contribution in [0.5, 0.6) is 0 Å². The average Bonchev–Trinajstić information content (AvgIpc) is 3.11. The van der Waals surface area contributed by atoms with Crippen molar-refractivity contribution < 1.29 is 14.6 Å². The molecule has 5 heteroatoms. The molecule has 0 spiro atoms. The summed E-state index contributed by atoms with van der Waals surface area (Å²) in [5.74, 6) is 1.58. The molecule has 0 aromatic rings. The van der Waals surface area contributed by atoms with Gasteiger partial charge in [0, 0.05) is 17.5 Å². The van der Waals surface area contributed by atoms with Crippen LogP contribution in [0.2, 0.25) is 0 Å². The molecule has 1 atom stereocenters. The summed E-state index contributed by atoms with van der Waals surface area (Å²) in [4.78, 5) is 12.3. The molecule has 0 aromatic carbocycles. The normalized spacial score (nSPS) is 18.7. The average molecular weight is 275 g/mol. The van der Waals surface area contributed by atoms with Crippen LogP contribution in [0.3, 0.4) is 0 Å². The lowest BCUT2D eigenvalue weighted by atomic mass is 9.94. The molecule has 0 aliphatic heterocycles. The Labute approximate surface area is 114 Å². The van der Waals surface area contributed by atoms with Gasteiger partial charge in [-0.25, -0.2) is 0 Å². The maximum absolute atomic E-state index is 12.3. The summed E-state index contributed by atoms with van der Waals surface area (Å²) in [7, 11) is 0. The minimum absolute atomic E-state index is 0.133. The van der Waals surface area contributed by atoms with Crippen molar-refractivity contribution in [3.05, 3.63) is 0 Å². The molecule has 106 valence electrons. The van der Waals surface area contributed by atoms with Gasteiger partial charge in [-0.3, -0.25) is 10.1 Å². The highest BCUT2D eigenvalue weighted by Crippen LogP contribution is 2.42. The van der Waals surface area contributed by atoms with E-state index in [2.05, 4.69) is 5.32 Å². The van der Waals surface area contributed by atoms with Crippen LogP contribution in [0.25, 0.3) is 0 Å². The van der Waals surface area contributed by atoms with E-state index < -0.39 is 5.54 Å². The largest absolute Gasteiger partial charge is 0.465 e. The van der Waals surface area contributed by atoms with Crippen LogP contribution in [-0.4, -0.2) is 47.4 Å². The van der Waals surface area contributed by atoms with E-state index in [1.54, 1.807) is 11.8 Å². The third-order valence-electron chi connectivity index (χ3n) is 3.03. The summed E-state index contributed by atoms with van der Waals surface area (Å²) in [5.41, 5.74) is -0.565. The lowest BCUT2D eigenvalue weighted by Gasteiger charge is -2.34. The topological polar surface area (TPSA) is 58.6 Å². The summed E-state index contributed by atoms with van der Waals surface area (Å²) >= 11 is 1.61. The lowest BCUT2D eigenvalue weighted by molar-refractivity contribution is -0.151. The predicted molar refractivity (Wildman–Crippen MR) is 74.8 cm³/mol. The summed E-state index contributed by atoms with van der Waals surface area (Å²) < 4.78 is 5.26. The summed E-state index contributed by atoms with van der Waals surface area (Å²) in [6, 6.07) is 0.240. The van der Waals surface area contributed by atoms with Crippen LogP contribution in [0.1, 0.15) is 33.6 Å². The van der Waals surface area contributed by atoms with Gasteiger partial charge < -0.3 is 9.84 Å². The van der Waals surface area contributed by atoms with Crippen LogP contribution in [0, 0.1) is 5.92 Å². The van der Waals surface area contributed by atoms with Gasteiger partial charge in [0.15, 0.2) is 0 Å².